The molecule has 0 saturated carbocycles. The van der Waals surface area contributed by atoms with Gasteiger partial charge in [-0.05, 0) is 43.2 Å². The molecule has 166 valence electrons. The highest BCUT2D eigenvalue weighted by Gasteiger charge is 2.47. The van der Waals surface area contributed by atoms with E-state index in [2.05, 4.69) is 21.8 Å². The molecule has 2 aromatic carbocycles. The van der Waals surface area contributed by atoms with Gasteiger partial charge in [-0.3, -0.25) is 14.4 Å². The summed E-state index contributed by atoms with van der Waals surface area (Å²) in [4.78, 5) is 17.9. The number of amides is 1. The number of hydrogen-bond acceptors (Lipinski definition) is 3. The maximum Gasteiger partial charge on any atom is 0.254 e. The van der Waals surface area contributed by atoms with E-state index in [1.165, 1.54) is 23.4 Å². The summed E-state index contributed by atoms with van der Waals surface area (Å²) in [5.74, 6) is 0.393. The first-order chi connectivity index (χ1) is 15.5. The number of hydrogen-bond donors (Lipinski definition) is 0. The van der Waals surface area contributed by atoms with Crippen molar-refractivity contribution in [1.82, 2.24) is 19.6 Å². The van der Waals surface area contributed by atoms with E-state index >= 15 is 0 Å². The Balaban J connectivity index is 1.41. The van der Waals surface area contributed by atoms with Gasteiger partial charge < -0.3 is 4.90 Å². The summed E-state index contributed by atoms with van der Waals surface area (Å²) in [5, 5.41) is 4.39. The van der Waals surface area contributed by atoms with Crippen LogP contribution in [0.25, 0.3) is 0 Å². The molecule has 3 aromatic rings. The van der Waals surface area contributed by atoms with E-state index in [4.69, 9.17) is 0 Å². The third-order valence-electron chi connectivity index (χ3n) is 7.33. The third-order valence-corrected chi connectivity index (χ3v) is 7.33. The van der Waals surface area contributed by atoms with E-state index in [-0.39, 0.29) is 23.7 Å². The summed E-state index contributed by atoms with van der Waals surface area (Å²) in [7, 11) is 1.97. The minimum Gasteiger partial charge on any atom is -0.335 e. The highest BCUT2D eigenvalue weighted by Crippen LogP contribution is 2.42. The number of carbonyl (C=O) groups excluding carboxylic acids is 1. The van der Waals surface area contributed by atoms with Gasteiger partial charge in [0.05, 0.1) is 6.20 Å². The first kappa shape index (κ1) is 20.9. The topological polar surface area (TPSA) is 41.4 Å². The van der Waals surface area contributed by atoms with Crippen LogP contribution in [0.3, 0.4) is 0 Å². The maximum absolute atomic E-state index is 13.6. The van der Waals surface area contributed by atoms with Crippen LogP contribution in [0, 0.1) is 18.7 Å². The second kappa shape index (κ2) is 8.51. The number of benzene rings is 2. The Morgan fingerprint density at radius 2 is 1.84 bits per heavy atom. The molecule has 1 aromatic heterocycles. The number of piperidine rings is 1. The van der Waals surface area contributed by atoms with Crippen LogP contribution in [0.2, 0.25) is 0 Å². The highest BCUT2D eigenvalue weighted by molar-refractivity contribution is 5.94. The summed E-state index contributed by atoms with van der Waals surface area (Å²) in [5.41, 5.74) is 4.29. The Morgan fingerprint density at radius 1 is 1.09 bits per heavy atom. The number of nitrogens with zero attached hydrogens (tertiary/aromatic N) is 4. The Bertz CT molecular complexity index is 1090. The van der Waals surface area contributed by atoms with Crippen molar-refractivity contribution in [2.24, 2.45) is 13.0 Å². The van der Waals surface area contributed by atoms with Gasteiger partial charge in [-0.1, -0.05) is 30.3 Å². The molecular formula is C26H29FN4O. The number of halogens is 1. The number of fused-ring (bicyclic) bond motifs is 1. The van der Waals surface area contributed by atoms with Crippen molar-refractivity contribution in [3.63, 3.8) is 0 Å². The predicted molar refractivity (Wildman–Crippen MR) is 122 cm³/mol. The maximum atomic E-state index is 13.6. The van der Waals surface area contributed by atoms with E-state index in [0.717, 1.165) is 37.2 Å². The minimum atomic E-state index is -0.224. The van der Waals surface area contributed by atoms with Crippen LogP contribution in [0.5, 0.6) is 0 Å². The van der Waals surface area contributed by atoms with E-state index in [9.17, 15) is 9.18 Å². The highest BCUT2D eigenvalue weighted by atomic mass is 19.1. The molecule has 2 aliphatic heterocycles. The lowest BCUT2D eigenvalue weighted by Crippen LogP contribution is -2.47. The quantitative estimate of drug-likeness (QED) is 0.626. The van der Waals surface area contributed by atoms with E-state index in [0.29, 0.717) is 12.5 Å². The Hall–Kier alpha value is -2.99. The number of aromatic nitrogens is 2. The van der Waals surface area contributed by atoms with E-state index in [1.54, 1.807) is 0 Å². The second-order valence-corrected chi connectivity index (χ2v) is 9.12. The molecule has 3 atom stereocenters. The van der Waals surface area contributed by atoms with Crippen molar-refractivity contribution < 1.29 is 9.18 Å². The fraction of sp³-hybridized carbons (Fsp3) is 0.385. The van der Waals surface area contributed by atoms with Crippen LogP contribution in [-0.2, 0) is 13.6 Å². The molecule has 3 heterocycles. The minimum absolute atomic E-state index is 0.0989. The molecule has 2 aliphatic rings. The Kier molecular flexibility index (Phi) is 5.55. The molecule has 0 unspecified atom stereocenters. The molecule has 2 saturated heterocycles. The van der Waals surface area contributed by atoms with Gasteiger partial charge >= 0.3 is 0 Å². The lowest BCUT2D eigenvalue weighted by molar-refractivity contribution is 0.0614. The summed E-state index contributed by atoms with van der Waals surface area (Å²) in [6.07, 6.45) is 2.90. The normalized spacial score (nSPS) is 23.3. The van der Waals surface area contributed by atoms with Crippen molar-refractivity contribution in [3.05, 3.63) is 89.0 Å². The molecule has 0 N–H and O–H groups in total. The van der Waals surface area contributed by atoms with Gasteiger partial charge in [-0.25, -0.2) is 4.39 Å². The Labute approximate surface area is 188 Å². The number of rotatable bonds is 4. The Morgan fingerprint density at radius 3 is 2.53 bits per heavy atom. The van der Waals surface area contributed by atoms with Crippen molar-refractivity contribution in [1.29, 1.82) is 0 Å². The van der Waals surface area contributed by atoms with Gasteiger partial charge in [0.1, 0.15) is 5.82 Å². The van der Waals surface area contributed by atoms with Gasteiger partial charge in [0.15, 0.2) is 0 Å². The summed E-state index contributed by atoms with van der Waals surface area (Å²) in [6.45, 7) is 5.51. The van der Waals surface area contributed by atoms with Gasteiger partial charge in [0, 0.05) is 67.9 Å². The smallest absolute Gasteiger partial charge is 0.254 e. The van der Waals surface area contributed by atoms with Crippen molar-refractivity contribution in [2.75, 3.05) is 19.6 Å². The number of aryl methyl sites for hydroxylation is 1. The van der Waals surface area contributed by atoms with Gasteiger partial charge in [0.25, 0.3) is 5.91 Å². The van der Waals surface area contributed by atoms with Crippen LogP contribution >= 0.6 is 0 Å². The zero-order chi connectivity index (χ0) is 22.2. The van der Waals surface area contributed by atoms with Crippen LogP contribution in [0.15, 0.2) is 60.8 Å². The molecule has 5 nitrogen and oxygen atoms in total. The lowest BCUT2D eigenvalue weighted by atomic mass is 9.81. The second-order valence-electron chi connectivity index (χ2n) is 9.12. The zero-order valence-corrected chi connectivity index (χ0v) is 18.6. The molecule has 5 rings (SSSR count). The van der Waals surface area contributed by atoms with Crippen LogP contribution in [0.4, 0.5) is 4.39 Å². The molecular weight excluding hydrogens is 403 g/mol. The predicted octanol–water partition coefficient (Wildman–Crippen LogP) is 4.00. The molecule has 0 aliphatic carbocycles. The van der Waals surface area contributed by atoms with Crippen LogP contribution in [-0.4, -0.2) is 51.2 Å². The average Bonchev–Trinajstić information content (AvgIpc) is 3.35. The largest absolute Gasteiger partial charge is 0.335 e. The van der Waals surface area contributed by atoms with Crippen LogP contribution < -0.4 is 0 Å². The standard InChI is InChI=1S/C26H29FN4O/c1-18-21(14-28-29(18)2)15-30-13-12-25-24(16-30)23(19-8-10-22(27)11-9-19)17-31(25)26(32)20-6-4-3-5-7-20/h3-11,14,23-25H,12-13,15-17H2,1-2H3/t23-,24-,25-/m0/s1. The molecule has 0 spiro atoms. The summed E-state index contributed by atoms with van der Waals surface area (Å²) in [6, 6.07) is 16.6. The summed E-state index contributed by atoms with van der Waals surface area (Å²) >= 11 is 0. The van der Waals surface area contributed by atoms with Crippen molar-refractivity contribution in [2.45, 2.75) is 31.8 Å². The fourth-order valence-electron chi connectivity index (χ4n) is 5.43. The lowest BCUT2D eigenvalue weighted by Gasteiger charge is -2.39. The van der Waals surface area contributed by atoms with Crippen molar-refractivity contribution >= 4 is 5.91 Å². The third kappa shape index (κ3) is 3.84. The first-order valence-corrected chi connectivity index (χ1v) is 11.3. The monoisotopic (exact) mass is 432 g/mol. The average molecular weight is 433 g/mol. The number of carbonyl (C=O) groups is 1. The number of likely N-dealkylation sites (tertiary alicyclic amines) is 2. The fourth-order valence-corrected chi connectivity index (χ4v) is 5.43. The van der Waals surface area contributed by atoms with Crippen LogP contribution in [0.1, 0.15) is 39.5 Å². The molecule has 1 amide bonds. The molecule has 32 heavy (non-hydrogen) atoms. The molecule has 6 heteroatoms. The summed E-state index contributed by atoms with van der Waals surface area (Å²) < 4.78 is 15.5. The molecule has 0 radical (unpaired) electrons. The van der Waals surface area contributed by atoms with E-state index in [1.807, 2.05) is 60.4 Å². The van der Waals surface area contributed by atoms with Crippen molar-refractivity contribution in [3.8, 4) is 0 Å². The zero-order valence-electron chi connectivity index (χ0n) is 18.6. The SMILES string of the molecule is Cc1c(CN2CC[C@H]3[C@@H](C2)[C@H](c2ccc(F)cc2)CN3C(=O)c2ccccc2)cnn1C. The first-order valence-electron chi connectivity index (χ1n) is 11.3. The van der Waals surface area contributed by atoms with E-state index < -0.39 is 0 Å². The molecule has 2 fully saturated rings. The van der Waals surface area contributed by atoms with Gasteiger partial charge in [-0.2, -0.15) is 5.10 Å². The van der Waals surface area contributed by atoms with Gasteiger partial charge in [0.2, 0.25) is 0 Å². The molecule has 0 bridgehead atoms. The van der Waals surface area contributed by atoms with Gasteiger partial charge in [-0.15, -0.1) is 0 Å².